The van der Waals surface area contributed by atoms with E-state index < -0.39 is 0 Å². The fourth-order valence-electron chi connectivity index (χ4n) is 5.04. The van der Waals surface area contributed by atoms with Gasteiger partial charge in [-0.2, -0.15) is 0 Å². The van der Waals surface area contributed by atoms with Crippen LogP contribution in [0.25, 0.3) is 0 Å². The summed E-state index contributed by atoms with van der Waals surface area (Å²) in [4.78, 5) is 24.6. The average Bonchev–Trinajstić information content (AvgIpc) is 2.71. The monoisotopic (exact) mass is 394 g/mol. The number of Topliss-reactive ketones (excluding diaryl/α,β-unsaturated/α-hetero) is 1. The normalized spacial score (nSPS) is 23.4. The third kappa shape index (κ3) is 7.85. The van der Waals surface area contributed by atoms with Crippen LogP contribution < -0.4 is 5.73 Å². The van der Waals surface area contributed by atoms with Crippen LogP contribution in [0.3, 0.4) is 0 Å². The fraction of sp³-hybridized carbons (Fsp3) is 0.917. The van der Waals surface area contributed by atoms with Crippen LogP contribution in [0, 0.1) is 17.3 Å². The van der Waals surface area contributed by atoms with E-state index in [0.29, 0.717) is 23.2 Å². The van der Waals surface area contributed by atoms with Crippen molar-refractivity contribution in [2.75, 3.05) is 13.1 Å². The van der Waals surface area contributed by atoms with Gasteiger partial charge in [-0.3, -0.25) is 9.59 Å². The van der Waals surface area contributed by atoms with Crippen LogP contribution >= 0.6 is 0 Å². The number of nitrogens with zero attached hydrogens (tertiary/aromatic N) is 1. The molecule has 3 rings (SSSR count). The number of piperidine rings is 1. The Morgan fingerprint density at radius 1 is 0.857 bits per heavy atom. The topological polar surface area (TPSA) is 63.4 Å². The molecule has 3 aliphatic rings. The molecule has 4 heteroatoms. The molecule has 0 aromatic heterocycles. The SMILES string of the molecule is CC.CC(=O)C1CCCCC1.CC(C)N1CCC2(CCC(C(N)=O)CC2)CC1. The molecule has 28 heavy (non-hydrogen) atoms. The first-order valence-corrected chi connectivity index (χ1v) is 11.9. The Morgan fingerprint density at radius 2 is 1.36 bits per heavy atom. The molecule has 1 saturated heterocycles. The standard InChI is InChI=1S/C14H26N2O.C8H14O.C2H6/c1-11(2)16-9-7-14(8-10-16)5-3-12(4-6-14)13(15)17;1-7(9)8-5-3-2-4-6-8;1-2/h11-12H,3-10H2,1-2H3,(H2,15,17);8H,2-6H2,1H3;1-2H3. The lowest BCUT2D eigenvalue weighted by Crippen LogP contribution is -2.45. The van der Waals surface area contributed by atoms with Crippen LogP contribution in [0.4, 0.5) is 0 Å². The molecule has 0 aromatic rings. The summed E-state index contributed by atoms with van der Waals surface area (Å²) in [5, 5.41) is 0. The first-order chi connectivity index (χ1) is 13.3. The lowest BCUT2D eigenvalue weighted by atomic mass is 9.65. The molecule has 4 nitrogen and oxygen atoms in total. The zero-order chi connectivity index (χ0) is 21.2. The maximum Gasteiger partial charge on any atom is 0.220 e. The third-order valence-corrected chi connectivity index (χ3v) is 7.22. The Morgan fingerprint density at radius 3 is 1.71 bits per heavy atom. The van der Waals surface area contributed by atoms with Crippen molar-refractivity contribution in [3.8, 4) is 0 Å². The predicted molar refractivity (Wildman–Crippen MR) is 118 cm³/mol. The molecular weight excluding hydrogens is 348 g/mol. The lowest BCUT2D eigenvalue weighted by molar-refractivity contribution is -0.124. The molecule has 2 N–H and O–H groups in total. The van der Waals surface area contributed by atoms with Crippen LogP contribution in [0.2, 0.25) is 0 Å². The van der Waals surface area contributed by atoms with Crippen LogP contribution in [0.1, 0.15) is 105 Å². The number of carbonyl (C=O) groups excluding carboxylic acids is 2. The van der Waals surface area contributed by atoms with Gasteiger partial charge in [0, 0.05) is 17.9 Å². The number of rotatable bonds is 3. The summed E-state index contributed by atoms with van der Waals surface area (Å²) < 4.78 is 0. The highest BCUT2D eigenvalue weighted by Crippen LogP contribution is 2.46. The summed E-state index contributed by atoms with van der Waals surface area (Å²) in [5.41, 5.74) is 5.94. The van der Waals surface area contributed by atoms with Gasteiger partial charge in [-0.05, 0) is 90.6 Å². The van der Waals surface area contributed by atoms with Crippen molar-refractivity contribution in [1.82, 2.24) is 4.90 Å². The first kappa shape index (κ1) is 25.1. The van der Waals surface area contributed by atoms with E-state index in [0.717, 1.165) is 25.7 Å². The summed E-state index contributed by atoms with van der Waals surface area (Å²) in [6, 6.07) is 0.675. The van der Waals surface area contributed by atoms with Crippen LogP contribution in [0.5, 0.6) is 0 Å². The maximum absolute atomic E-state index is 11.2. The van der Waals surface area contributed by atoms with E-state index in [4.69, 9.17) is 5.73 Å². The van der Waals surface area contributed by atoms with Gasteiger partial charge in [0.1, 0.15) is 5.78 Å². The van der Waals surface area contributed by atoms with E-state index in [2.05, 4.69) is 18.7 Å². The second-order valence-electron chi connectivity index (χ2n) is 9.25. The number of carbonyl (C=O) groups is 2. The van der Waals surface area contributed by atoms with E-state index in [1.54, 1.807) is 6.92 Å². The number of nitrogens with two attached hydrogens (primary N) is 1. The predicted octanol–water partition coefficient (Wildman–Crippen LogP) is 5.33. The van der Waals surface area contributed by atoms with Gasteiger partial charge in [-0.1, -0.05) is 33.1 Å². The van der Waals surface area contributed by atoms with Gasteiger partial charge in [0.2, 0.25) is 5.91 Å². The average molecular weight is 395 g/mol. The number of hydrogen-bond acceptors (Lipinski definition) is 3. The van der Waals surface area contributed by atoms with E-state index in [9.17, 15) is 9.59 Å². The summed E-state index contributed by atoms with van der Waals surface area (Å²) in [7, 11) is 0. The summed E-state index contributed by atoms with van der Waals surface area (Å²) in [6.07, 6.45) is 13.3. The largest absolute Gasteiger partial charge is 0.369 e. The minimum Gasteiger partial charge on any atom is -0.369 e. The third-order valence-electron chi connectivity index (χ3n) is 7.22. The van der Waals surface area contributed by atoms with E-state index >= 15 is 0 Å². The molecular formula is C24H46N2O2. The molecule has 0 bridgehead atoms. The zero-order valence-electron chi connectivity index (χ0n) is 19.3. The van der Waals surface area contributed by atoms with Crippen molar-refractivity contribution in [1.29, 1.82) is 0 Å². The molecule has 0 aromatic carbocycles. The molecule has 1 spiro atoms. The number of amides is 1. The molecule has 164 valence electrons. The number of ketones is 1. The minimum absolute atomic E-state index is 0.0838. The van der Waals surface area contributed by atoms with Crippen molar-refractivity contribution < 1.29 is 9.59 Å². The second-order valence-corrected chi connectivity index (χ2v) is 9.25. The maximum atomic E-state index is 11.2. The molecule has 1 amide bonds. The van der Waals surface area contributed by atoms with Crippen molar-refractivity contribution in [2.45, 2.75) is 111 Å². The number of primary amides is 1. The van der Waals surface area contributed by atoms with Gasteiger partial charge >= 0.3 is 0 Å². The number of hydrogen-bond donors (Lipinski definition) is 1. The van der Waals surface area contributed by atoms with E-state index in [-0.39, 0.29) is 11.8 Å². The minimum atomic E-state index is -0.0838. The summed E-state index contributed by atoms with van der Waals surface area (Å²) in [5.74, 6) is 0.886. The molecule has 0 unspecified atom stereocenters. The van der Waals surface area contributed by atoms with Gasteiger partial charge in [0.05, 0.1) is 0 Å². The van der Waals surface area contributed by atoms with Gasteiger partial charge in [-0.15, -0.1) is 0 Å². The van der Waals surface area contributed by atoms with Crippen molar-refractivity contribution >= 4 is 11.7 Å². The molecule has 2 saturated carbocycles. The Balaban J connectivity index is 0.000000301. The summed E-state index contributed by atoms with van der Waals surface area (Å²) in [6.45, 7) is 12.7. The molecule has 0 radical (unpaired) electrons. The highest BCUT2D eigenvalue weighted by molar-refractivity contribution is 5.78. The smallest absolute Gasteiger partial charge is 0.220 e. The van der Waals surface area contributed by atoms with Crippen LogP contribution in [-0.2, 0) is 9.59 Å². The Bertz CT molecular complexity index is 451. The van der Waals surface area contributed by atoms with Crippen molar-refractivity contribution in [2.24, 2.45) is 23.0 Å². The number of likely N-dealkylation sites (tertiary alicyclic amines) is 1. The molecule has 3 fully saturated rings. The van der Waals surface area contributed by atoms with E-state index in [1.807, 2.05) is 13.8 Å². The molecule has 2 aliphatic carbocycles. The fourth-order valence-corrected chi connectivity index (χ4v) is 5.04. The van der Waals surface area contributed by atoms with Gasteiger partial charge in [0.15, 0.2) is 0 Å². The van der Waals surface area contributed by atoms with Crippen LogP contribution in [0.15, 0.2) is 0 Å². The van der Waals surface area contributed by atoms with Crippen LogP contribution in [-0.4, -0.2) is 35.7 Å². The first-order valence-electron chi connectivity index (χ1n) is 11.9. The molecule has 0 atom stereocenters. The quantitative estimate of drug-likeness (QED) is 0.703. The molecule has 1 heterocycles. The highest BCUT2D eigenvalue weighted by Gasteiger charge is 2.39. The Labute approximate surface area is 174 Å². The highest BCUT2D eigenvalue weighted by atomic mass is 16.1. The van der Waals surface area contributed by atoms with Gasteiger partial charge < -0.3 is 10.6 Å². The van der Waals surface area contributed by atoms with Gasteiger partial charge in [-0.25, -0.2) is 0 Å². The van der Waals surface area contributed by atoms with Gasteiger partial charge in [0.25, 0.3) is 0 Å². The van der Waals surface area contributed by atoms with Crippen molar-refractivity contribution in [3.05, 3.63) is 0 Å². The Hall–Kier alpha value is -0.900. The van der Waals surface area contributed by atoms with E-state index in [1.165, 1.54) is 58.0 Å². The Kier molecular flexibility index (Phi) is 11.3. The molecule has 1 aliphatic heterocycles. The lowest BCUT2D eigenvalue weighted by Gasteiger charge is -2.46. The van der Waals surface area contributed by atoms with Crippen molar-refractivity contribution in [3.63, 3.8) is 0 Å². The zero-order valence-corrected chi connectivity index (χ0v) is 19.3. The second kappa shape index (κ2) is 12.6. The summed E-state index contributed by atoms with van der Waals surface area (Å²) >= 11 is 0.